The van der Waals surface area contributed by atoms with Gasteiger partial charge >= 0.3 is 12.1 Å². The van der Waals surface area contributed by atoms with E-state index in [1.165, 1.54) is 6.07 Å². The molecule has 1 N–H and O–H groups in total. The highest BCUT2D eigenvalue weighted by Gasteiger charge is 2.34. The summed E-state index contributed by atoms with van der Waals surface area (Å²) < 4.78 is 47.2. The van der Waals surface area contributed by atoms with Crippen molar-refractivity contribution >= 4 is 5.97 Å². The number of aliphatic carboxylic acids is 1. The third-order valence-corrected chi connectivity index (χ3v) is 6.14. The van der Waals surface area contributed by atoms with Crippen LogP contribution >= 0.6 is 0 Å². The highest BCUT2D eigenvalue weighted by atomic mass is 19.4. The molecule has 0 unspecified atom stereocenters. The fourth-order valence-corrected chi connectivity index (χ4v) is 4.08. The summed E-state index contributed by atoms with van der Waals surface area (Å²) in [6.07, 6.45) is -2.61. The van der Waals surface area contributed by atoms with E-state index >= 15 is 0 Å². The summed E-state index contributed by atoms with van der Waals surface area (Å²) in [4.78, 5) is 15.3. The number of hydrogen-bond donors (Lipinski definition) is 1. The summed E-state index contributed by atoms with van der Waals surface area (Å²) >= 11 is 0. The Morgan fingerprint density at radius 2 is 1.78 bits per heavy atom. The molecule has 186 valence electrons. The van der Waals surface area contributed by atoms with Crippen molar-refractivity contribution in [2.24, 2.45) is 5.92 Å². The second-order valence-electron chi connectivity index (χ2n) is 8.83. The number of alkyl halides is 3. The molecular formula is C28H25F3N2O3. The van der Waals surface area contributed by atoms with Gasteiger partial charge in [0.15, 0.2) is 0 Å². The third-order valence-electron chi connectivity index (χ3n) is 6.14. The molecule has 0 aliphatic carbocycles. The van der Waals surface area contributed by atoms with Gasteiger partial charge in [-0.3, -0.25) is 4.79 Å². The van der Waals surface area contributed by atoms with Crippen molar-refractivity contribution in [2.75, 3.05) is 0 Å². The number of carbonyl (C=O) groups is 1. The van der Waals surface area contributed by atoms with Gasteiger partial charge in [0.05, 0.1) is 11.5 Å². The monoisotopic (exact) mass is 494 g/mol. The van der Waals surface area contributed by atoms with Gasteiger partial charge in [0.1, 0.15) is 0 Å². The zero-order valence-corrected chi connectivity index (χ0v) is 19.8. The van der Waals surface area contributed by atoms with Crippen molar-refractivity contribution < 1.29 is 27.6 Å². The molecule has 4 rings (SSSR count). The predicted molar refractivity (Wildman–Crippen MR) is 130 cm³/mol. The van der Waals surface area contributed by atoms with Crippen molar-refractivity contribution in [1.29, 1.82) is 0 Å². The van der Waals surface area contributed by atoms with Crippen molar-refractivity contribution in [2.45, 2.75) is 39.3 Å². The number of rotatable bonds is 8. The van der Waals surface area contributed by atoms with Crippen LogP contribution in [0.3, 0.4) is 0 Å². The van der Waals surface area contributed by atoms with Crippen LogP contribution in [0.15, 0.2) is 71.3 Å². The molecule has 0 saturated heterocycles. The van der Waals surface area contributed by atoms with E-state index in [1.54, 1.807) is 50.2 Å². The van der Waals surface area contributed by atoms with E-state index in [0.29, 0.717) is 30.4 Å². The first-order chi connectivity index (χ1) is 17.1. The molecule has 4 aromatic rings. The van der Waals surface area contributed by atoms with Gasteiger partial charge in [-0.25, -0.2) is 0 Å². The number of aryl methyl sites for hydroxylation is 2. The molecule has 3 aromatic carbocycles. The SMILES string of the molecule is Cc1ccccc1-c1ccc(-c2nc(-c3cccc(CCC[C@H](C)C(=O)O)c3)no2)cc1C(F)(F)F. The summed E-state index contributed by atoms with van der Waals surface area (Å²) in [7, 11) is 0. The number of nitrogens with zero attached hydrogens (tertiary/aromatic N) is 2. The topological polar surface area (TPSA) is 76.2 Å². The van der Waals surface area contributed by atoms with Crippen LogP contribution < -0.4 is 0 Å². The van der Waals surface area contributed by atoms with E-state index in [-0.39, 0.29) is 22.8 Å². The molecule has 0 saturated carbocycles. The van der Waals surface area contributed by atoms with Crippen molar-refractivity contribution in [1.82, 2.24) is 10.1 Å². The molecule has 0 fully saturated rings. The molecule has 0 aliphatic rings. The number of halogens is 3. The van der Waals surface area contributed by atoms with Crippen LogP contribution in [-0.4, -0.2) is 21.2 Å². The maximum Gasteiger partial charge on any atom is 0.417 e. The van der Waals surface area contributed by atoms with Gasteiger partial charge in [-0.05, 0) is 66.6 Å². The molecule has 8 heteroatoms. The van der Waals surface area contributed by atoms with Crippen LogP contribution in [0.2, 0.25) is 0 Å². The van der Waals surface area contributed by atoms with Crippen molar-refractivity contribution in [3.63, 3.8) is 0 Å². The number of carboxylic acids is 1. The van der Waals surface area contributed by atoms with E-state index in [9.17, 15) is 18.0 Å². The number of aromatic nitrogens is 2. The lowest BCUT2D eigenvalue weighted by Crippen LogP contribution is -2.09. The van der Waals surface area contributed by atoms with E-state index in [2.05, 4.69) is 10.1 Å². The lowest BCUT2D eigenvalue weighted by Gasteiger charge is -2.15. The average Bonchev–Trinajstić information content (AvgIpc) is 3.34. The summed E-state index contributed by atoms with van der Waals surface area (Å²) in [5.74, 6) is -0.967. The van der Waals surface area contributed by atoms with Gasteiger partial charge in [0, 0.05) is 11.1 Å². The second kappa shape index (κ2) is 10.4. The fourth-order valence-electron chi connectivity index (χ4n) is 4.08. The zero-order valence-electron chi connectivity index (χ0n) is 19.8. The van der Waals surface area contributed by atoms with Crippen molar-refractivity contribution in [3.05, 3.63) is 83.4 Å². The Labute approximate surface area is 206 Å². The van der Waals surface area contributed by atoms with E-state index in [0.717, 1.165) is 17.2 Å². The Kier molecular flexibility index (Phi) is 7.24. The first kappa shape index (κ1) is 25.2. The van der Waals surface area contributed by atoms with Crippen LogP contribution in [0.5, 0.6) is 0 Å². The van der Waals surface area contributed by atoms with Gasteiger partial charge in [-0.1, -0.05) is 60.6 Å². The fraction of sp³-hybridized carbons (Fsp3) is 0.250. The van der Waals surface area contributed by atoms with Crippen LogP contribution in [0, 0.1) is 12.8 Å². The highest BCUT2D eigenvalue weighted by Crippen LogP contribution is 2.40. The molecule has 1 heterocycles. The summed E-state index contributed by atoms with van der Waals surface area (Å²) in [5, 5.41) is 13.0. The smallest absolute Gasteiger partial charge is 0.417 e. The maximum absolute atomic E-state index is 14.0. The minimum atomic E-state index is -4.57. The Hall–Kier alpha value is -3.94. The molecule has 0 amide bonds. The molecule has 0 radical (unpaired) electrons. The molecule has 0 spiro atoms. The van der Waals surface area contributed by atoms with Gasteiger partial charge in [0.2, 0.25) is 5.82 Å². The minimum absolute atomic E-state index is 0.00693. The summed E-state index contributed by atoms with van der Waals surface area (Å²) in [6.45, 7) is 3.45. The van der Waals surface area contributed by atoms with Crippen molar-refractivity contribution in [3.8, 4) is 34.0 Å². The van der Waals surface area contributed by atoms with E-state index < -0.39 is 23.6 Å². The van der Waals surface area contributed by atoms with Crippen LogP contribution in [0.4, 0.5) is 13.2 Å². The molecular weight excluding hydrogens is 469 g/mol. The summed E-state index contributed by atoms with van der Waals surface area (Å²) in [6, 6.07) is 18.4. The molecule has 5 nitrogen and oxygen atoms in total. The second-order valence-corrected chi connectivity index (χ2v) is 8.83. The largest absolute Gasteiger partial charge is 0.481 e. The lowest BCUT2D eigenvalue weighted by atomic mass is 9.94. The Morgan fingerprint density at radius 3 is 2.50 bits per heavy atom. The zero-order chi connectivity index (χ0) is 25.9. The number of carboxylic acid groups (broad SMARTS) is 1. The van der Waals surface area contributed by atoms with Gasteiger partial charge in [-0.15, -0.1) is 0 Å². The van der Waals surface area contributed by atoms with Gasteiger partial charge in [-0.2, -0.15) is 18.2 Å². The van der Waals surface area contributed by atoms with Crippen LogP contribution in [0.25, 0.3) is 34.0 Å². The molecule has 1 atom stereocenters. The number of hydrogen-bond acceptors (Lipinski definition) is 4. The summed E-state index contributed by atoms with van der Waals surface area (Å²) in [5.41, 5.74) is 2.41. The Balaban J connectivity index is 1.60. The first-order valence-electron chi connectivity index (χ1n) is 11.6. The highest BCUT2D eigenvalue weighted by molar-refractivity contribution is 5.74. The predicted octanol–water partition coefficient (Wildman–Crippen LogP) is 7.44. The Morgan fingerprint density at radius 1 is 1.00 bits per heavy atom. The molecule has 1 aromatic heterocycles. The van der Waals surface area contributed by atoms with Gasteiger partial charge < -0.3 is 9.63 Å². The third kappa shape index (κ3) is 5.64. The first-order valence-corrected chi connectivity index (χ1v) is 11.6. The molecule has 0 aliphatic heterocycles. The molecule has 0 bridgehead atoms. The van der Waals surface area contributed by atoms with Gasteiger partial charge in [0.25, 0.3) is 5.89 Å². The van der Waals surface area contributed by atoms with E-state index in [1.807, 2.05) is 18.2 Å². The standard InChI is InChI=1S/C28H25F3N2O3/c1-17-7-3-4-12-22(17)23-14-13-21(16-24(23)28(29,30)31)26-32-25(33-36-26)20-11-6-10-19(15-20)9-5-8-18(2)27(34)35/h3-4,6-7,10-16,18H,5,8-9H2,1-2H3,(H,34,35)/t18-/m0/s1. The maximum atomic E-state index is 14.0. The minimum Gasteiger partial charge on any atom is -0.481 e. The average molecular weight is 495 g/mol. The van der Waals surface area contributed by atoms with Crippen LogP contribution in [0.1, 0.15) is 36.5 Å². The molecule has 36 heavy (non-hydrogen) atoms. The number of benzene rings is 3. The normalized spacial score (nSPS) is 12.5. The Bertz CT molecular complexity index is 1380. The van der Waals surface area contributed by atoms with Crippen LogP contribution in [-0.2, 0) is 17.4 Å². The quantitative estimate of drug-likeness (QED) is 0.275. The lowest BCUT2D eigenvalue weighted by molar-refractivity contribution is -0.141. The van der Waals surface area contributed by atoms with E-state index in [4.69, 9.17) is 9.63 Å².